The summed E-state index contributed by atoms with van der Waals surface area (Å²) < 4.78 is 1.95. The van der Waals surface area contributed by atoms with Crippen LogP contribution in [0.2, 0.25) is 0 Å². The number of aromatic nitrogens is 4. The molecule has 1 N–H and O–H groups in total. The van der Waals surface area contributed by atoms with Crippen LogP contribution in [0.15, 0.2) is 23.6 Å². The van der Waals surface area contributed by atoms with Crippen molar-refractivity contribution in [3.8, 4) is 11.4 Å². The van der Waals surface area contributed by atoms with Crippen LogP contribution in [0.1, 0.15) is 18.9 Å². The van der Waals surface area contributed by atoms with E-state index in [1.807, 2.05) is 17.6 Å². The predicted molar refractivity (Wildman–Crippen MR) is 76.6 cm³/mol. The van der Waals surface area contributed by atoms with Gasteiger partial charge in [-0.05, 0) is 25.0 Å². The first-order valence-corrected chi connectivity index (χ1v) is 7.30. The number of carbonyl (C=O) groups is 1. The highest BCUT2D eigenvalue weighted by Crippen LogP contribution is 2.24. The SMILES string of the molecule is CCCn1c(SCC(=O)O)nnc1-c1cncc(C)c1. The molecule has 0 aliphatic carbocycles. The zero-order valence-corrected chi connectivity index (χ0v) is 12.2. The number of thioether (sulfide) groups is 1. The highest BCUT2D eigenvalue weighted by atomic mass is 32.2. The third-order valence-electron chi connectivity index (χ3n) is 2.62. The Hall–Kier alpha value is -1.89. The molecule has 0 fully saturated rings. The molecule has 0 saturated heterocycles. The number of aryl methyl sites for hydroxylation is 1. The molecule has 0 spiro atoms. The fraction of sp³-hybridized carbons (Fsp3) is 0.385. The summed E-state index contributed by atoms with van der Waals surface area (Å²) in [5, 5.41) is 17.7. The van der Waals surface area contributed by atoms with Gasteiger partial charge in [0, 0.05) is 24.5 Å². The Morgan fingerprint density at radius 1 is 1.40 bits per heavy atom. The second kappa shape index (κ2) is 6.51. The summed E-state index contributed by atoms with van der Waals surface area (Å²) in [6, 6.07) is 1.99. The lowest BCUT2D eigenvalue weighted by atomic mass is 10.2. The molecule has 0 aliphatic rings. The van der Waals surface area contributed by atoms with Crippen LogP contribution < -0.4 is 0 Å². The van der Waals surface area contributed by atoms with Gasteiger partial charge in [-0.3, -0.25) is 9.78 Å². The van der Waals surface area contributed by atoms with Gasteiger partial charge < -0.3 is 9.67 Å². The number of carboxylic acids is 1. The molecule has 0 amide bonds. The first-order valence-electron chi connectivity index (χ1n) is 6.31. The summed E-state index contributed by atoms with van der Waals surface area (Å²) in [5.74, 6) is -0.149. The second-order valence-electron chi connectivity index (χ2n) is 4.39. The number of aliphatic carboxylic acids is 1. The molecule has 0 radical (unpaired) electrons. The van der Waals surface area contributed by atoms with Crippen molar-refractivity contribution in [2.75, 3.05) is 5.75 Å². The van der Waals surface area contributed by atoms with E-state index in [9.17, 15) is 4.79 Å². The second-order valence-corrected chi connectivity index (χ2v) is 5.33. The minimum atomic E-state index is -0.861. The molecule has 6 nitrogen and oxygen atoms in total. The Balaban J connectivity index is 2.35. The van der Waals surface area contributed by atoms with Crippen molar-refractivity contribution in [2.24, 2.45) is 0 Å². The van der Waals surface area contributed by atoms with Gasteiger partial charge in [0.05, 0.1) is 5.75 Å². The van der Waals surface area contributed by atoms with Crippen LogP contribution in [-0.4, -0.2) is 36.6 Å². The molecular formula is C13H16N4O2S. The number of rotatable bonds is 6. The Morgan fingerprint density at radius 3 is 2.85 bits per heavy atom. The smallest absolute Gasteiger partial charge is 0.313 e. The Kier molecular flexibility index (Phi) is 4.73. The molecule has 2 aromatic heterocycles. The standard InChI is InChI=1S/C13H16N4O2S/c1-3-4-17-12(10-5-9(2)6-14-7-10)15-16-13(17)20-8-11(18)19/h5-7H,3-4,8H2,1-2H3,(H,18,19). The molecule has 20 heavy (non-hydrogen) atoms. The molecule has 0 aromatic carbocycles. The normalized spacial score (nSPS) is 10.7. The molecule has 106 valence electrons. The number of hydrogen-bond acceptors (Lipinski definition) is 5. The van der Waals surface area contributed by atoms with Gasteiger partial charge in [0.1, 0.15) is 0 Å². The summed E-state index contributed by atoms with van der Waals surface area (Å²) >= 11 is 1.18. The lowest BCUT2D eigenvalue weighted by Gasteiger charge is -2.08. The molecule has 2 aromatic rings. The molecule has 7 heteroatoms. The van der Waals surface area contributed by atoms with Gasteiger partial charge in [-0.1, -0.05) is 18.7 Å². The minimum absolute atomic E-state index is 0.0199. The van der Waals surface area contributed by atoms with Crippen molar-refractivity contribution in [1.29, 1.82) is 0 Å². The van der Waals surface area contributed by atoms with Gasteiger partial charge in [0.25, 0.3) is 0 Å². The van der Waals surface area contributed by atoms with Gasteiger partial charge in [-0.15, -0.1) is 10.2 Å². The first kappa shape index (κ1) is 14.5. The van der Waals surface area contributed by atoms with Gasteiger partial charge in [-0.2, -0.15) is 0 Å². The van der Waals surface area contributed by atoms with Crippen molar-refractivity contribution in [3.63, 3.8) is 0 Å². The lowest BCUT2D eigenvalue weighted by molar-refractivity contribution is -0.133. The van der Waals surface area contributed by atoms with Crippen LogP contribution in [0, 0.1) is 6.92 Å². The van der Waals surface area contributed by atoms with Gasteiger partial charge in [-0.25, -0.2) is 0 Å². The molecular weight excluding hydrogens is 276 g/mol. The quantitative estimate of drug-likeness (QED) is 0.822. The van der Waals surface area contributed by atoms with E-state index < -0.39 is 5.97 Å². The van der Waals surface area contributed by atoms with E-state index in [0.717, 1.165) is 29.9 Å². The zero-order valence-electron chi connectivity index (χ0n) is 11.4. The van der Waals surface area contributed by atoms with Crippen LogP contribution in [0.4, 0.5) is 0 Å². The van der Waals surface area contributed by atoms with Crippen molar-refractivity contribution in [2.45, 2.75) is 32.0 Å². The Morgan fingerprint density at radius 2 is 2.20 bits per heavy atom. The average Bonchev–Trinajstić information content (AvgIpc) is 2.80. The van der Waals surface area contributed by atoms with Gasteiger partial charge in [0.2, 0.25) is 0 Å². The number of nitrogens with zero attached hydrogens (tertiary/aromatic N) is 4. The third kappa shape index (κ3) is 3.36. The summed E-state index contributed by atoms with van der Waals surface area (Å²) in [7, 11) is 0. The fourth-order valence-electron chi connectivity index (χ4n) is 1.84. The van der Waals surface area contributed by atoms with Crippen molar-refractivity contribution >= 4 is 17.7 Å². The van der Waals surface area contributed by atoms with E-state index in [0.29, 0.717) is 5.16 Å². The molecule has 0 aliphatic heterocycles. The van der Waals surface area contributed by atoms with E-state index in [4.69, 9.17) is 5.11 Å². The van der Waals surface area contributed by atoms with E-state index in [-0.39, 0.29) is 5.75 Å². The zero-order chi connectivity index (χ0) is 14.5. The fourth-order valence-corrected chi connectivity index (χ4v) is 2.52. The van der Waals surface area contributed by atoms with E-state index in [1.165, 1.54) is 11.8 Å². The summed E-state index contributed by atoms with van der Waals surface area (Å²) in [5.41, 5.74) is 1.95. The van der Waals surface area contributed by atoms with E-state index >= 15 is 0 Å². The molecule has 2 rings (SSSR count). The van der Waals surface area contributed by atoms with Gasteiger partial charge >= 0.3 is 5.97 Å². The van der Waals surface area contributed by atoms with Crippen molar-refractivity contribution in [3.05, 3.63) is 24.0 Å². The molecule has 0 saturated carbocycles. The Bertz CT molecular complexity index is 612. The highest BCUT2D eigenvalue weighted by molar-refractivity contribution is 7.99. The number of hydrogen-bond donors (Lipinski definition) is 1. The van der Waals surface area contributed by atoms with Crippen LogP contribution in [0.5, 0.6) is 0 Å². The number of pyridine rings is 1. The number of carboxylic acid groups (broad SMARTS) is 1. The summed E-state index contributed by atoms with van der Waals surface area (Å²) in [4.78, 5) is 14.8. The van der Waals surface area contributed by atoms with Crippen LogP contribution in [0.25, 0.3) is 11.4 Å². The monoisotopic (exact) mass is 292 g/mol. The molecule has 0 bridgehead atoms. The predicted octanol–water partition coefficient (Wildman–Crippen LogP) is 2.24. The topological polar surface area (TPSA) is 80.9 Å². The maximum atomic E-state index is 10.7. The maximum Gasteiger partial charge on any atom is 0.313 e. The minimum Gasteiger partial charge on any atom is -0.481 e. The van der Waals surface area contributed by atoms with Crippen LogP contribution in [-0.2, 0) is 11.3 Å². The van der Waals surface area contributed by atoms with E-state index in [2.05, 4.69) is 22.1 Å². The third-order valence-corrected chi connectivity index (χ3v) is 3.57. The van der Waals surface area contributed by atoms with Gasteiger partial charge in [0.15, 0.2) is 11.0 Å². The van der Waals surface area contributed by atoms with Crippen LogP contribution >= 0.6 is 11.8 Å². The summed E-state index contributed by atoms with van der Waals surface area (Å²) in [6.45, 7) is 4.78. The van der Waals surface area contributed by atoms with Crippen molar-refractivity contribution in [1.82, 2.24) is 19.7 Å². The van der Waals surface area contributed by atoms with E-state index in [1.54, 1.807) is 12.4 Å². The highest BCUT2D eigenvalue weighted by Gasteiger charge is 2.15. The molecule has 0 atom stereocenters. The maximum absolute atomic E-state index is 10.7. The van der Waals surface area contributed by atoms with Crippen LogP contribution in [0.3, 0.4) is 0 Å². The largest absolute Gasteiger partial charge is 0.481 e. The lowest BCUT2D eigenvalue weighted by Crippen LogP contribution is -2.04. The summed E-state index contributed by atoms with van der Waals surface area (Å²) in [6.07, 6.45) is 4.45. The molecule has 2 heterocycles. The van der Waals surface area contributed by atoms with Crippen molar-refractivity contribution < 1.29 is 9.90 Å². The average molecular weight is 292 g/mol. The molecule has 0 unspecified atom stereocenters. The Labute approximate surface area is 121 Å². The first-order chi connectivity index (χ1) is 9.61.